The van der Waals surface area contributed by atoms with E-state index in [2.05, 4.69) is 20.9 Å². The summed E-state index contributed by atoms with van der Waals surface area (Å²) in [5.74, 6) is 0.900. The maximum Gasteiger partial charge on any atom is 0.246 e. The van der Waals surface area contributed by atoms with Crippen molar-refractivity contribution in [2.75, 3.05) is 37.4 Å². The first-order valence-corrected chi connectivity index (χ1v) is 8.97. The summed E-state index contributed by atoms with van der Waals surface area (Å²) in [6.45, 7) is 4.81. The highest BCUT2D eigenvalue weighted by atomic mass is 19.1. The van der Waals surface area contributed by atoms with Crippen LogP contribution in [0.3, 0.4) is 0 Å². The number of hydrogen-bond donors (Lipinski definition) is 3. The van der Waals surface area contributed by atoms with Gasteiger partial charge in [-0.25, -0.2) is 9.38 Å². The molecule has 2 rings (SSSR count). The zero-order valence-electron chi connectivity index (χ0n) is 16.2. The van der Waals surface area contributed by atoms with Gasteiger partial charge in [0.05, 0.1) is 13.7 Å². The Labute approximate surface area is 164 Å². The largest absolute Gasteiger partial charge is 0.493 e. The summed E-state index contributed by atoms with van der Waals surface area (Å²) in [5, 5.41) is 8.79. The third-order valence-electron chi connectivity index (χ3n) is 3.56. The van der Waals surface area contributed by atoms with Gasteiger partial charge in [0.25, 0.3) is 0 Å². The highest BCUT2D eigenvalue weighted by Crippen LogP contribution is 2.30. The van der Waals surface area contributed by atoms with Gasteiger partial charge in [0.2, 0.25) is 5.91 Å². The molecular weight excluding hydrogens is 363 g/mol. The first kappa shape index (κ1) is 21.0. The molecule has 0 heterocycles. The van der Waals surface area contributed by atoms with Crippen LogP contribution in [-0.4, -0.2) is 38.7 Å². The van der Waals surface area contributed by atoms with Crippen molar-refractivity contribution in [3.05, 3.63) is 48.3 Å². The number of ether oxygens (including phenoxy) is 2. The number of methoxy groups -OCH3 is 1. The Morgan fingerprint density at radius 1 is 1.07 bits per heavy atom. The summed E-state index contributed by atoms with van der Waals surface area (Å²) in [5.41, 5.74) is 1.11. The molecule has 0 spiro atoms. The van der Waals surface area contributed by atoms with Crippen molar-refractivity contribution in [1.82, 2.24) is 5.32 Å². The molecule has 3 N–H and O–H groups in total. The number of benzene rings is 2. The number of carbonyl (C=O) groups excluding carboxylic acids is 1. The summed E-state index contributed by atoms with van der Waals surface area (Å²) < 4.78 is 24.0. The predicted molar refractivity (Wildman–Crippen MR) is 109 cm³/mol. The first-order valence-electron chi connectivity index (χ1n) is 8.97. The number of halogens is 1. The number of nitrogens with zero attached hydrogens (tertiary/aromatic N) is 1. The van der Waals surface area contributed by atoms with Crippen LogP contribution in [0.15, 0.2) is 47.5 Å². The van der Waals surface area contributed by atoms with Gasteiger partial charge in [-0.2, -0.15) is 0 Å². The normalized spacial score (nSPS) is 10.9. The smallest absolute Gasteiger partial charge is 0.246 e. The minimum Gasteiger partial charge on any atom is -0.493 e. The van der Waals surface area contributed by atoms with Crippen molar-refractivity contribution in [3.8, 4) is 11.5 Å². The Morgan fingerprint density at radius 2 is 1.86 bits per heavy atom. The van der Waals surface area contributed by atoms with Crippen molar-refractivity contribution in [2.24, 2.45) is 4.99 Å². The SMILES string of the molecule is CCNC(=NCC(=O)Nc1cccc(F)c1)Nc1ccc(OC)c(OCC)c1. The minimum atomic E-state index is -0.416. The van der Waals surface area contributed by atoms with E-state index in [1.54, 1.807) is 25.3 Å². The summed E-state index contributed by atoms with van der Waals surface area (Å²) >= 11 is 0. The molecule has 0 saturated heterocycles. The second-order valence-electron chi connectivity index (χ2n) is 5.68. The van der Waals surface area contributed by atoms with Crippen LogP contribution in [0.4, 0.5) is 15.8 Å². The summed E-state index contributed by atoms with van der Waals surface area (Å²) in [6, 6.07) is 11.1. The molecule has 0 unspecified atom stereocenters. The molecule has 28 heavy (non-hydrogen) atoms. The molecule has 8 heteroatoms. The van der Waals surface area contributed by atoms with E-state index < -0.39 is 5.82 Å². The van der Waals surface area contributed by atoms with E-state index in [1.807, 2.05) is 19.9 Å². The van der Waals surface area contributed by atoms with Crippen LogP contribution >= 0.6 is 0 Å². The molecule has 0 aliphatic carbocycles. The average molecular weight is 388 g/mol. The maximum absolute atomic E-state index is 13.2. The maximum atomic E-state index is 13.2. The Kier molecular flexibility index (Phi) is 8.08. The second-order valence-corrected chi connectivity index (χ2v) is 5.68. The first-order chi connectivity index (χ1) is 13.5. The lowest BCUT2D eigenvalue weighted by Gasteiger charge is -2.14. The van der Waals surface area contributed by atoms with Crippen molar-refractivity contribution < 1.29 is 18.7 Å². The second kappa shape index (κ2) is 10.8. The third-order valence-corrected chi connectivity index (χ3v) is 3.56. The molecule has 7 nitrogen and oxygen atoms in total. The Bertz CT molecular complexity index is 827. The van der Waals surface area contributed by atoms with Crippen molar-refractivity contribution in [3.63, 3.8) is 0 Å². The lowest BCUT2D eigenvalue weighted by Crippen LogP contribution is -2.31. The lowest BCUT2D eigenvalue weighted by atomic mass is 10.2. The van der Waals surface area contributed by atoms with Crippen LogP contribution in [0, 0.1) is 5.82 Å². The topological polar surface area (TPSA) is 84.0 Å². The van der Waals surface area contributed by atoms with Crippen molar-refractivity contribution in [1.29, 1.82) is 0 Å². The molecule has 0 saturated carbocycles. The molecule has 0 fully saturated rings. The number of nitrogens with one attached hydrogen (secondary N) is 3. The van der Waals surface area contributed by atoms with E-state index in [9.17, 15) is 9.18 Å². The van der Waals surface area contributed by atoms with Gasteiger partial charge >= 0.3 is 0 Å². The van der Waals surface area contributed by atoms with Crippen molar-refractivity contribution in [2.45, 2.75) is 13.8 Å². The lowest BCUT2D eigenvalue weighted by molar-refractivity contribution is -0.114. The highest BCUT2D eigenvalue weighted by Gasteiger charge is 2.08. The van der Waals surface area contributed by atoms with E-state index in [0.717, 1.165) is 5.69 Å². The highest BCUT2D eigenvalue weighted by molar-refractivity contribution is 5.97. The summed E-state index contributed by atoms with van der Waals surface area (Å²) in [6.07, 6.45) is 0. The molecule has 2 aromatic carbocycles. The number of hydrogen-bond acceptors (Lipinski definition) is 4. The van der Waals surface area contributed by atoms with Gasteiger partial charge in [-0.3, -0.25) is 4.79 Å². The Balaban J connectivity index is 2.05. The van der Waals surface area contributed by atoms with Gasteiger partial charge in [0.15, 0.2) is 17.5 Å². The molecule has 1 amide bonds. The number of anilines is 2. The standard InChI is InChI=1S/C20H25FN4O3/c1-4-22-20(23-13-19(26)24-15-8-6-7-14(21)11-15)25-16-9-10-17(27-3)18(12-16)28-5-2/h6-12H,4-5,13H2,1-3H3,(H,24,26)(H2,22,23,25). The zero-order valence-corrected chi connectivity index (χ0v) is 16.2. The van der Waals surface area contributed by atoms with Gasteiger partial charge in [0.1, 0.15) is 12.4 Å². The Morgan fingerprint density at radius 3 is 2.54 bits per heavy atom. The van der Waals surface area contributed by atoms with Gasteiger partial charge in [0, 0.05) is 24.0 Å². The van der Waals surface area contributed by atoms with Crippen LogP contribution in [0.1, 0.15) is 13.8 Å². The van der Waals surface area contributed by atoms with Gasteiger partial charge in [-0.15, -0.1) is 0 Å². The molecule has 150 valence electrons. The van der Waals surface area contributed by atoms with E-state index in [-0.39, 0.29) is 12.5 Å². The monoisotopic (exact) mass is 388 g/mol. The molecule has 0 radical (unpaired) electrons. The number of rotatable bonds is 8. The number of carbonyl (C=O) groups is 1. The van der Waals surface area contributed by atoms with Crippen LogP contribution in [0.2, 0.25) is 0 Å². The van der Waals surface area contributed by atoms with Crippen molar-refractivity contribution >= 4 is 23.2 Å². The summed E-state index contributed by atoms with van der Waals surface area (Å²) in [7, 11) is 1.58. The molecule has 0 aliphatic rings. The van der Waals surface area contributed by atoms with Gasteiger partial charge in [-0.05, 0) is 44.2 Å². The number of aliphatic imine (C=N–C) groups is 1. The average Bonchev–Trinajstić information content (AvgIpc) is 2.67. The fourth-order valence-corrected chi connectivity index (χ4v) is 2.38. The third kappa shape index (κ3) is 6.46. The van der Waals surface area contributed by atoms with E-state index >= 15 is 0 Å². The van der Waals surface area contributed by atoms with Gasteiger partial charge < -0.3 is 25.4 Å². The zero-order chi connectivity index (χ0) is 20.4. The summed E-state index contributed by atoms with van der Waals surface area (Å²) in [4.78, 5) is 16.3. The fraction of sp³-hybridized carbons (Fsp3) is 0.300. The van der Waals surface area contributed by atoms with E-state index in [4.69, 9.17) is 9.47 Å². The molecular formula is C20H25FN4O3. The van der Waals surface area contributed by atoms with Crippen LogP contribution < -0.4 is 25.4 Å². The molecule has 0 atom stereocenters. The Hall–Kier alpha value is -3.29. The fourth-order valence-electron chi connectivity index (χ4n) is 2.38. The molecule has 0 aliphatic heterocycles. The van der Waals surface area contributed by atoms with E-state index in [1.165, 1.54) is 18.2 Å². The van der Waals surface area contributed by atoms with Crippen LogP contribution in [0.25, 0.3) is 0 Å². The van der Waals surface area contributed by atoms with Crippen LogP contribution in [-0.2, 0) is 4.79 Å². The van der Waals surface area contributed by atoms with Gasteiger partial charge in [-0.1, -0.05) is 6.07 Å². The number of amides is 1. The molecule has 0 bridgehead atoms. The number of guanidine groups is 1. The quantitative estimate of drug-likeness (QED) is 0.478. The predicted octanol–water partition coefficient (Wildman–Crippen LogP) is 3.25. The van der Waals surface area contributed by atoms with Crippen LogP contribution in [0.5, 0.6) is 11.5 Å². The minimum absolute atomic E-state index is 0.125. The molecule has 2 aromatic rings. The molecule has 0 aromatic heterocycles. The van der Waals surface area contributed by atoms with E-state index in [0.29, 0.717) is 36.3 Å².